The molecule has 0 heterocycles. The summed E-state index contributed by atoms with van der Waals surface area (Å²) < 4.78 is 0. The summed E-state index contributed by atoms with van der Waals surface area (Å²) in [5, 5.41) is 4.18. The molecule has 0 aromatic carbocycles. The van der Waals surface area contributed by atoms with Gasteiger partial charge in [-0.15, -0.1) is 0 Å². The second kappa shape index (κ2) is 19.6. The highest BCUT2D eigenvalue weighted by molar-refractivity contribution is 8.76. The molecule has 48 heavy (non-hydrogen) atoms. The highest BCUT2D eigenvalue weighted by Crippen LogP contribution is 2.67. The molecule has 9 unspecified atom stereocenters. The van der Waals surface area contributed by atoms with Crippen molar-refractivity contribution in [3.63, 3.8) is 0 Å². The van der Waals surface area contributed by atoms with Crippen molar-refractivity contribution >= 4 is 27.5 Å². The van der Waals surface area contributed by atoms with E-state index in [1.165, 1.54) is 77.0 Å². The van der Waals surface area contributed by atoms with Gasteiger partial charge in [0.15, 0.2) is 0 Å². The van der Waals surface area contributed by atoms with Gasteiger partial charge in [-0.1, -0.05) is 80.2 Å². The highest BCUT2D eigenvalue weighted by atomic mass is 33.1. The first-order valence-electron chi connectivity index (χ1n) is 20.4. The number of hydrogen-bond acceptors (Lipinski definition) is 6. The standard InChI is InChI=1S/C41H76N4OS2/c1-30(2)11-7-8-12-33-14-16-37-36-15-13-34-29-35(17-22-41(34,6)38(36)18-23-40(33,37)5)48-47-28-21-39(46)45(27-20-32(4)43)26-10-9-24-44-25-19-31(3)42/h13,30-33,35-38,44H,7-12,14-29,42-43H2,1-6H3. The summed E-state index contributed by atoms with van der Waals surface area (Å²) in [7, 11) is 4.03. The van der Waals surface area contributed by atoms with Crippen LogP contribution in [0.5, 0.6) is 0 Å². The van der Waals surface area contributed by atoms with Crippen LogP contribution in [0.25, 0.3) is 0 Å². The van der Waals surface area contributed by atoms with Gasteiger partial charge in [-0.2, -0.15) is 0 Å². The average molecular weight is 705 g/mol. The van der Waals surface area contributed by atoms with Gasteiger partial charge in [0.05, 0.1) is 0 Å². The summed E-state index contributed by atoms with van der Waals surface area (Å²) >= 11 is 0. The zero-order valence-electron chi connectivity index (χ0n) is 32.1. The molecular weight excluding hydrogens is 629 g/mol. The van der Waals surface area contributed by atoms with E-state index in [4.69, 9.17) is 11.5 Å². The van der Waals surface area contributed by atoms with Crippen molar-refractivity contribution < 1.29 is 4.79 Å². The fourth-order valence-corrected chi connectivity index (χ4v) is 13.0. The van der Waals surface area contributed by atoms with Gasteiger partial charge in [0, 0.05) is 42.6 Å². The number of carbonyl (C=O) groups is 1. The van der Waals surface area contributed by atoms with Crippen molar-refractivity contribution in [2.75, 3.05) is 31.9 Å². The van der Waals surface area contributed by atoms with E-state index in [0.717, 1.165) is 87.2 Å². The Morgan fingerprint density at radius 3 is 2.46 bits per heavy atom. The SMILES string of the molecule is CC(C)CCCCC1CCC2C3CC=C4CC(SSCCC(=O)N(CCCCNCCC(C)N)CCC(C)N)CCC4(C)C3CCC12C. The normalized spacial score (nSPS) is 32.7. The lowest BCUT2D eigenvalue weighted by Gasteiger charge is -2.58. The Bertz CT molecular complexity index is 1000. The van der Waals surface area contributed by atoms with Crippen molar-refractivity contribution in [3.8, 4) is 0 Å². The molecule has 0 aromatic heterocycles. The summed E-state index contributed by atoms with van der Waals surface area (Å²) in [5.41, 5.74) is 14.7. The lowest BCUT2D eigenvalue weighted by molar-refractivity contribution is -0.130. The van der Waals surface area contributed by atoms with E-state index in [9.17, 15) is 4.79 Å². The molecule has 3 saturated carbocycles. The molecule has 0 aliphatic heterocycles. The molecular formula is C41H76N4OS2. The van der Waals surface area contributed by atoms with Crippen LogP contribution in [0.1, 0.15) is 151 Å². The van der Waals surface area contributed by atoms with Crippen LogP contribution in [0.3, 0.4) is 0 Å². The van der Waals surface area contributed by atoms with Crippen LogP contribution in [0.15, 0.2) is 11.6 Å². The molecule has 1 amide bonds. The number of fused-ring (bicyclic) bond motifs is 5. The van der Waals surface area contributed by atoms with Gasteiger partial charge in [-0.05, 0) is 151 Å². The van der Waals surface area contributed by atoms with Crippen LogP contribution in [0.2, 0.25) is 0 Å². The van der Waals surface area contributed by atoms with Gasteiger partial charge in [0.1, 0.15) is 0 Å². The minimum Gasteiger partial charge on any atom is -0.343 e. The maximum atomic E-state index is 13.2. The molecule has 3 fully saturated rings. The first-order chi connectivity index (χ1) is 22.9. The molecule has 4 aliphatic rings. The Hall–Kier alpha value is -0.210. The Morgan fingerprint density at radius 1 is 0.917 bits per heavy atom. The van der Waals surface area contributed by atoms with E-state index in [-0.39, 0.29) is 12.1 Å². The fourth-order valence-electron chi connectivity index (χ4n) is 10.4. The number of nitrogens with two attached hydrogens (primary N) is 2. The molecule has 0 bridgehead atoms. The van der Waals surface area contributed by atoms with E-state index >= 15 is 0 Å². The number of rotatable bonds is 21. The summed E-state index contributed by atoms with van der Waals surface area (Å²) in [6, 6.07) is 0.377. The van der Waals surface area contributed by atoms with Crippen molar-refractivity contribution in [2.45, 2.75) is 168 Å². The van der Waals surface area contributed by atoms with E-state index < -0.39 is 0 Å². The molecule has 5 N–H and O–H groups in total. The predicted octanol–water partition coefficient (Wildman–Crippen LogP) is 9.59. The summed E-state index contributed by atoms with van der Waals surface area (Å²) in [6.45, 7) is 17.8. The number of nitrogens with one attached hydrogen (secondary N) is 1. The minimum atomic E-state index is 0.129. The molecule has 0 spiro atoms. The van der Waals surface area contributed by atoms with Crippen LogP contribution in [-0.2, 0) is 4.79 Å². The van der Waals surface area contributed by atoms with Gasteiger partial charge in [-0.3, -0.25) is 4.79 Å². The maximum Gasteiger partial charge on any atom is 0.223 e. The topological polar surface area (TPSA) is 84.4 Å². The zero-order valence-corrected chi connectivity index (χ0v) is 33.7. The summed E-state index contributed by atoms with van der Waals surface area (Å²) in [4.78, 5) is 15.3. The number of unbranched alkanes of at least 4 members (excludes halogenated alkanes) is 2. The fraction of sp³-hybridized carbons (Fsp3) is 0.927. The first-order valence-corrected chi connectivity index (χ1v) is 22.8. The van der Waals surface area contributed by atoms with Gasteiger partial charge in [0.25, 0.3) is 0 Å². The average Bonchev–Trinajstić information content (AvgIpc) is 3.37. The van der Waals surface area contributed by atoms with Crippen molar-refractivity contribution in [1.82, 2.24) is 10.2 Å². The Labute approximate surface area is 304 Å². The van der Waals surface area contributed by atoms with Crippen LogP contribution >= 0.6 is 21.6 Å². The van der Waals surface area contributed by atoms with Gasteiger partial charge in [0.2, 0.25) is 5.91 Å². The van der Waals surface area contributed by atoms with E-state index in [1.54, 1.807) is 5.57 Å². The quantitative estimate of drug-likeness (QED) is 0.0627. The second-order valence-corrected chi connectivity index (χ2v) is 20.4. The van der Waals surface area contributed by atoms with Crippen molar-refractivity contribution in [3.05, 3.63) is 11.6 Å². The Morgan fingerprint density at radius 2 is 1.71 bits per heavy atom. The number of hydrogen-bond donors (Lipinski definition) is 3. The number of amides is 1. The van der Waals surface area contributed by atoms with E-state index in [2.05, 4.69) is 61.7 Å². The number of carbonyl (C=O) groups excluding carboxylic acids is 1. The van der Waals surface area contributed by atoms with E-state index in [1.807, 2.05) is 17.7 Å². The van der Waals surface area contributed by atoms with Gasteiger partial charge in [-0.25, -0.2) is 0 Å². The monoisotopic (exact) mass is 705 g/mol. The lowest BCUT2D eigenvalue weighted by atomic mass is 9.47. The number of allylic oxidation sites excluding steroid dienone is 2. The zero-order chi connectivity index (χ0) is 34.7. The molecule has 278 valence electrons. The lowest BCUT2D eigenvalue weighted by Crippen LogP contribution is -2.50. The van der Waals surface area contributed by atoms with E-state index in [0.29, 0.717) is 28.4 Å². The van der Waals surface area contributed by atoms with Gasteiger partial charge >= 0.3 is 0 Å². The minimum absolute atomic E-state index is 0.129. The second-order valence-electron chi connectivity index (χ2n) is 17.7. The smallest absolute Gasteiger partial charge is 0.223 e. The molecule has 0 radical (unpaired) electrons. The van der Waals surface area contributed by atoms with Crippen LogP contribution in [0.4, 0.5) is 0 Å². The molecule has 0 aromatic rings. The molecule has 9 atom stereocenters. The van der Waals surface area contributed by atoms with Crippen molar-refractivity contribution in [1.29, 1.82) is 0 Å². The molecule has 0 saturated heterocycles. The van der Waals surface area contributed by atoms with Crippen molar-refractivity contribution in [2.24, 2.45) is 51.9 Å². The third-order valence-electron chi connectivity index (χ3n) is 13.5. The Kier molecular flexibility index (Phi) is 16.5. The molecule has 4 rings (SSSR count). The summed E-state index contributed by atoms with van der Waals surface area (Å²) in [5.74, 6) is 5.81. The predicted molar refractivity (Wildman–Crippen MR) is 212 cm³/mol. The largest absolute Gasteiger partial charge is 0.343 e. The molecule has 5 nitrogen and oxygen atoms in total. The van der Waals surface area contributed by atoms with Crippen LogP contribution < -0.4 is 16.8 Å². The Balaban J connectivity index is 1.20. The van der Waals surface area contributed by atoms with Crippen LogP contribution in [-0.4, -0.2) is 60.1 Å². The molecule has 4 aliphatic carbocycles. The number of nitrogens with zero attached hydrogens (tertiary/aromatic N) is 1. The maximum absolute atomic E-state index is 13.2. The highest BCUT2D eigenvalue weighted by Gasteiger charge is 2.58. The third-order valence-corrected chi connectivity index (χ3v) is 16.4. The van der Waals surface area contributed by atoms with Gasteiger partial charge < -0.3 is 21.7 Å². The van der Waals surface area contributed by atoms with Crippen LogP contribution in [0, 0.1) is 40.4 Å². The molecule has 7 heteroatoms. The third kappa shape index (κ3) is 11.1. The summed E-state index contributed by atoms with van der Waals surface area (Å²) in [6.07, 6.45) is 24.4. The first kappa shape index (κ1) is 40.6.